The highest BCUT2D eigenvalue weighted by Gasteiger charge is 2.27. The summed E-state index contributed by atoms with van der Waals surface area (Å²) >= 11 is 1.15. The number of carbonyl (C=O) groups excluding carboxylic acids is 1. The van der Waals surface area contributed by atoms with E-state index in [1.807, 2.05) is 0 Å². The minimum absolute atomic E-state index is 0.0893. The maximum absolute atomic E-state index is 13.4. The maximum Gasteiger partial charge on any atom is 0.306 e. The fraction of sp³-hybridized carbons (Fsp3) is 0.467. The average Bonchev–Trinajstić information content (AvgIpc) is 2.46. The van der Waals surface area contributed by atoms with Crippen molar-refractivity contribution in [2.24, 2.45) is 5.92 Å². The number of benzene rings is 1. The van der Waals surface area contributed by atoms with E-state index in [0.29, 0.717) is 17.7 Å². The molecule has 1 saturated carbocycles. The van der Waals surface area contributed by atoms with Crippen molar-refractivity contribution in [3.05, 3.63) is 30.1 Å². The summed E-state index contributed by atoms with van der Waals surface area (Å²) in [6.07, 6.45) is 2.76. The Bertz CT molecular complexity index is 523. The molecular weight excluding hydrogens is 293 g/mol. The first-order chi connectivity index (χ1) is 10.1. The number of carboxylic acids is 1. The monoisotopic (exact) mass is 311 g/mol. The number of aliphatic carboxylic acids is 1. The molecule has 1 fully saturated rings. The van der Waals surface area contributed by atoms with Gasteiger partial charge in [-0.3, -0.25) is 9.59 Å². The second-order valence-electron chi connectivity index (χ2n) is 5.19. The van der Waals surface area contributed by atoms with Crippen molar-refractivity contribution in [3.8, 4) is 0 Å². The largest absolute Gasteiger partial charge is 0.481 e. The van der Waals surface area contributed by atoms with Gasteiger partial charge in [0.2, 0.25) is 5.91 Å². The minimum atomic E-state index is -0.797. The molecule has 2 atom stereocenters. The van der Waals surface area contributed by atoms with E-state index in [4.69, 9.17) is 5.11 Å². The van der Waals surface area contributed by atoms with Gasteiger partial charge < -0.3 is 10.4 Å². The highest BCUT2D eigenvalue weighted by molar-refractivity contribution is 8.00. The van der Waals surface area contributed by atoms with E-state index < -0.39 is 5.97 Å². The molecule has 0 aliphatic heterocycles. The van der Waals surface area contributed by atoms with Crippen molar-refractivity contribution in [2.75, 3.05) is 5.75 Å². The molecule has 2 unspecified atom stereocenters. The summed E-state index contributed by atoms with van der Waals surface area (Å²) in [5.41, 5.74) is 0. The topological polar surface area (TPSA) is 66.4 Å². The quantitative estimate of drug-likeness (QED) is 0.821. The molecule has 0 spiro atoms. The van der Waals surface area contributed by atoms with E-state index in [1.54, 1.807) is 18.2 Å². The SMILES string of the molecule is O=C(CSc1ccccc1F)NC1CCCC(C(=O)O)C1. The van der Waals surface area contributed by atoms with Crippen LogP contribution in [0.15, 0.2) is 29.2 Å². The van der Waals surface area contributed by atoms with Gasteiger partial charge in [0, 0.05) is 10.9 Å². The third kappa shape index (κ3) is 4.74. The molecule has 0 radical (unpaired) electrons. The number of rotatable bonds is 5. The molecule has 0 aromatic heterocycles. The van der Waals surface area contributed by atoms with Crippen LogP contribution in [0.5, 0.6) is 0 Å². The summed E-state index contributed by atoms with van der Waals surface area (Å²) in [5, 5.41) is 11.9. The van der Waals surface area contributed by atoms with Gasteiger partial charge in [-0.1, -0.05) is 18.6 Å². The van der Waals surface area contributed by atoms with Gasteiger partial charge in [0.05, 0.1) is 11.7 Å². The Morgan fingerprint density at radius 1 is 1.33 bits per heavy atom. The number of amides is 1. The van der Waals surface area contributed by atoms with Gasteiger partial charge >= 0.3 is 5.97 Å². The van der Waals surface area contributed by atoms with Crippen LogP contribution in [0, 0.1) is 11.7 Å². The Kier molecular flexibility index (Phi) is 5.61. The second kappa shape index (κ2) is 7.45. The van der Waals surface area contributed by atoms with Crippen LogP contribution in [0.2, 0.25) is 0 Å². The molecule has 114 valence electrons. The number of carbonyl (C=O) groups is 2. The van der Waals surface area contributed by atoms with Crippen LogP contribution in [0.3, 0.4) is 0 Å². The molecule has 0 heterocycles. The van der Waals surface area contributed by atoms with Gasteiger partial charge in [-0.05, 0) is 31.4 Å². The van der Waals surface area contributed by atoms with Crippen LogP contribution >= 0.6 is 11.8 Å². The van der Waals surface area contributed by atoms with Gasteiger partial charge in [0.15, 0.2) is 0 Å². The highest BCUT2D eigenvalue weighted by Crippen LogP contribution is 2.25. The molecule has 1 aromatic rings. The van der Waals surface area contributed by atoms with Crippen molar-refractivity contribution in [1.29, 1.82) is 0 Å². The van der Waals surface area contributed by atoms with Crippen LogP contribution in [-0.2, 0) is 9.59 Å². The predicted molar refractivity (Wildman–Crippen MR) is 78.6 cm³/mol. The molecule has 0 bridgehead atoms. The van der Waals surface area contributed by atoms with Crippen molar-refractivity contribution in [1.82, 2.24) is 5.32 Å². The van der Waals surface area contributed by atoms with Crippen LogP contribution in [-0.4, -0.2) is 28.8 Å². The van der Waals surface area contributed by atoms with Gasteiger partial charge in [-0.2, -0.15) is 0 Å². The van der Waals surface area contributed by atoms with E-state index in [-0.39, 0.29) is 29.4 Å². The Morgan fingerprint density at radius 3 is 2.81 bits per heavy atom. The van der Waals surface area contributed by atoms with Crippen LogP contribution in [0.25, 0.3) is 0 Å². The number of carboxylic acid groups (broad SMARTS) is 1. The summed E-state index contributed by atoms with van der Waals surface area (Å²) in [7, 11) is 0. The van der Waals surface area contributed by atoms with E-state index in [1.165, 1.54) is 6.07 Å². The third-order valence-electron chi connectivity index (χ3n) is 3.58. The van der Waals surface area contributed by atoms with E-state index in [0.717, 1.165) is 24.6 Å². The van der Waals surface area contributed by atoms with Crippen LogP contribution in [0.4, 0.5) is 4.39 Å². The molecule has 1 aliphatic rings. The van der Waals surface area contributed by atoms with Gasteiger partial charge in [0.25, 0.3) is 0 Å². The molecule has 1 aliphatic carbocycles. The number of hydrogen-bond donors (Lipinski definition) is 2. The number of nitrogens with one attached hydrogen (secondary N) is 1. The maximum atomic E-state index is 13.4. The van der Waals surface area contributed by atoms with Crippen LogP contribution in [0.1, 0.15) is 25.7 Å². The van der Waals surface area contributed by atoms with E-state index in [2.05, 4.69) is 5.32 Å². The van der Waals surface area contributed by atoms with Crippen molar-refractivity contribution in [2.45, 2.75) is 36.6 Å². The minimum Gasteiger partial charge on any atom is -0.481 e. The summed E-state index contributed by atoms with van der Waals surface area (Å²) in [5.74, 6) is -1.55. The molecular formula is C15H18FNO3S. The van der Waals surface area contributed by atoms with E-state index >= 15 is 0 Å². The Morgan fingerprint density at radius 2 is 2.10 bits per heavy atom. The fourth-order valence-electron chi connectivity index (χ4n) is 2.52. The molecule has 0 saturated heterocycles. The standard InChI is InChI=1S/C15H18FNO3S/c16-12-6-1-2-7-13(12)21-9-14(18)17-11-5-3-4-10(8-11)15(19)20/h1-2,6-7,10-11H,3-5,8-9H2,(H,17,18)(H,19,20). The van der Waals surface area contributed by atoms with Crippen molar-refractivity contribution in [3.63, 3.8) is 0 Å². The Balaban J connectivity index is 1.79. The lowest BCUT2D eigenvalue weighted by atomic mass is 9.86. The second-order valence-corrected chi connectivity index (χ2v) is 6.20. The number of thioether (sulfide) groups is 1. The fourth-order valence-corrected chi connectivity index (χ4v) is 3.27. The number of halogens is 1. The smallest absolute Gasteiger partial charge is 0.306 e. The van der Waals surface area contributed by atoms with E-state index in [9.17, 15) is 14.0 Å². The summed E-state index contributed by atoms with van der Waals surface area (Å²) in [6.45, 7) is 0. The van der Waals surface area contributed by atoms with Crippen LogP contribution < -0.4 is 5.32 Å². The molecule has 2 rings (SSSR count). The summed E-state index contributed by atoms with van der Waals surface area (Å²) in [4.78, 5) is 23.3. The highest BCUT2D eigenvalue weighted by atomic mass is 32.2. The molecule has 2 N–H and O–H groups in total. The zero-order valence-electron chi connectivity index (χ0n) is 11.5. The summed E-state index contributed by atoms with van der Waals surface area (Å²) in [6, 6.07) is 6.23. The zero-order valence-corrected chi connectivity index (χ0v) is 12.4. The third-order valence-corrected chi connectivity index (χ3v) is 4.63. The lowest BCUT2D eigenvalue weighted by Gasteiger charge is -2.27. The molecule has 1 amide bonds. The van der Waals surface area contributed by atoms with Crippen molar-refractivity contribution >= 4 is 23.6 Å². The normalized spacial score (nSPS) is 21.8. The predicted octanol–water partition coefficient (Wildman–Crippen LogP) is 2.68. The lowest BCUT2D eigenvalue weighted by Crippen LogP contribution is -2.40. The Labute approximate surface area is 127 Å². The molecule has 1 aromatic carbocycles. The molecule has 6 heteroatoms. The van der Waals surface area contributed by atoms with Gasteiger partial charge in [-0.25, -0.2) is 4.39 Å². The Hall–Kier alpha value is -1.56. The first-order valence-corrected chi connectivity index (χ1v) is 7.94. The average molecular weight is 311 g/mol. The lowest BCUT2D eigenvalue weighted by molar-refractivity contribution is -0.143. The van der Waals surface area contributed by atoms with Gasteiger partial charge in [-0.15, -0.1) is 11.8 Å². The first kappa shape index (κ1) is 15.8. The first-order valence-electron chi connectivity index (χ1n) is 6.95. The van der Waals surface area contributed by atoms with Gasteiger partial charge in [0.1, 0.15) is 5.82 Å². The molecule has 21 heavy (non-hydrogen) atoms. The summed E-state index contributed by atoms with van der Waals surface area (Å²) < 4.78 is 13.4. The number of hydrogen-bond acceptors (Lipinski definition) is 3. The zero-order chi connectivity index (χ0) is 15.2. The molecule has 4 nitrogen and oxygen atoms in total. The van der Waals surface area contributed by atoms with Crippen molar-refractivity contribution < 1.29 is 19.1 Å².